The lowest BCUT2D eigenvalue weighted by molar-refractivity contribution is 0.386. The molecule has 0 saturated heterocycles. The number of ether oxygens (including phenoxy) is 1. The Hall–Kier alpha value is -2.61. The summed E-state index contributed by atoms with van der Waals surface area (Å²) in [4.78, 5) is 0. The number of fused-ring (bicyclic) bond motifs is 1. The molecule has 0 atom stereocenters. The minimum absolute atomic E-state index is 0.262. The van der Waals surface area contributed by atoms with E-state index in [0.29, 0.717) is 0 Å². The van der Waals surface area contributed by atoms with Gasteiger partial charge in [0.25, 0.3) is 0 Å². The van der Waals surface area contributed by atoms with E-state index in [2.05, 4.69) is 30.3 Å². The van der Waals surface area contributed by atoms with Crippen molar-refractivity contribution in [2.75, 3.05) is 7.11 Å². The molecular weight excluding hydrogens is 263 g/mol. The Morgan fingerprint density at radius 1 is 0.810 bits per heavy atom. The van der Waals surface area contributed by atoms with Gasteiger partial charge in [-0.1, -0.05) is 54.6 Å². The summed E-state index contributed by atoms with van der Waals surface area (Å²) in [5.74, 6) is -0.0870. The van der Waals surface area contributed by atoms with Gasteiger partial charge >= 0.3 is 0 Å². The average molecular weight is 278 g/mol. The molecule has 3 aromatic rings. The fraction of sp³-hybridized carbons (Fsp3) is 0.0526. The number of halogens is 1. The molecule has 1 nitrogen and oxygen atoms in total. The normalized spacial score (nSPS) is 11.1. The van der Waals surface area contributed by atoms with Crippen LogP contribution in [0.15, 0.2) is 60.7 Å². The van der Waals surface area contributed by atoms with Gasteiger partial charge in [-0.3, -0.25) is 0 Å². The van der Waals surface area contributed by atoms with E-state index in [1.54, 1.807) is 6.07 Å². The molecular formula is C19H15FO. The molecule has 21 heavy (non-hydrogen) atoms. The smallest absolute Gasteiger partial charge is 0.165 e. The van der Waals surface area contributed by atoms with Gasteiger partial charge < -0.3 is 4.74 Å². The van der Waals surface area contributed by atoms with Crippen molar-refractivity contribution in [1.82, 2.24) is 0 Å². The van der Waals surface area contributed by atoms with Crippen molar-refractivity contribution in [2.45, 2.75) is 0 Å². The predicted molar refractivity (Wildman–Crippen MR) is 85.8 cm³/mol. The van der Waals surface area contributed by atoms with Crippen LogP contribution in [0.2, 0.25) is 0 Å². The summed E-state index contributed by atoms with van der Waals surface area (Å²) in [7, 11) is 1.46. The van der Waals surface area contributed by atoms with Gasteiger partial charge in [-0.05, 0) is 40.1 Å². The van der Waals surface area contributed by atoms with Gasteiger partial charge in [0.1, 0.15) is 0 Å². The molecule has 0 aliphatic carbocycles. The summed E-state index contributed by atoms with van der Waals surface area (Å²) in [5, 5.41) is 2.41. The van der Waals surface area contributed by atoms with Gasteiger partial charge in [-0.15, -0.1) is 0 Å². The molecule has 0 aliphatic heterocycles. The lowest BCUT2D eigenvalue weighted by Gasteiger charge is -2.02. The van der Waals surface area contributed by atoms with Crippen LogP contribution in [0.4, 0.5) is 4.39 Å². The summed E-state index contributed by atoms with van der Waals surface area (Å²) >= 11 is 0. The monoisotopic (exact) mass is 278 g/mol. The number of rotatable bonds is 3. The zero-order chi connectivity index (χ0) is 14.7. The minimum Gasteiger partial charge on any atom is -0.494 e. The average Bonchev–Trinajstić information content (AvgIpc) is 2.53. The topological polar surface area (TPSA) is 9.23 Å². The SMILES string of the molecule is COc1ccc(/C=C/c2ccc3ccccc3c2)cc1F. The van der Waals surface area contributed by atoms with E-state index >= 15 is 0 Å². The molecule has 3 rings (SSSR count). The van der Waals surface area contributed by atoms with E-state index in [1.807, 2.05) is 30.4 Å². The van der Waals surface area contributed by atoms with Gasteiger partial charge in [0, 0.05) is 0 Å². The van der Waals surface area contributed by atoms with E-state index in [9.17, 15) is 4.39 Å². The first-order chi connectivity index (χ1) is 10.3. The first kappa shape index (κ1) is 13.4. The third kappa shape index (κ3) is 2.95. The number of hydrogen-bond acceptors (Lipinski definition) is 1. The van der Waals surface area contributed by atoms with Gasteiger partial charge in [0.05, 0.1) is 7.11 Å². The number of methoxy groups -OCH3 is 1. The lowest BCUT2D eigenvalue weighted by Crippen LogP contribution is -1.87. The molecule has 0 aliphatic rings. The van der Waals surface area contributed by atoms with Crippen LogP contribution in [0.5, 0.6) is 5.75 Å². The van der Waals surface area contributed by atoms with E-state index in [1.165, 1.54) is 23.9 Å². The van der Waals surface area contributed by atoms with Crippen LogP contribution in [0.25, 0.3) is 22.9 Å². The van der Waals surface area contributed by atoms with Crippen LogP contribution in [0.3, 0.4) is 0 Å². The third-order valence-corrected chi connectivity index (χ3v) is 3.42. The quantitative estimate of drug-likeness (QED) is 0.601. The first-order valence-electron chi connectivity index (χ1n) is 6.77. The van der Waals surface area contributed by atoms with Crippen LogP contribution in [0, 0.1) is 5.82 Å². The molecule has 0 aromatic heterocycles. The lowest BCUT2D eigenvalue weighted by atomic mass is 10.1. The highest BCUT2D eigenvalue weighted by molar-refractivity contribution is 5.85. The zero-order valence-corrected chi connectivity index (χ0v) is 11.7. The maximum absolute atomic E-state index is 13.6. The Morgan fingerprint density at radius 2 is 1.48 bits per heavy atom. The van der Waals surface area contributed by atoms with Gasteiger partial charge in [-0.25, -0.2) is 4.39 Å². The van der Waals surface area contributed by atoms with E-state index in [4.69, 9.17) is 4.74 Å². The van der Waals surface area contributed by atoms with Crippen LogP contribution < -0.4 is 4.74 Å². The van der Waals surface area contributed by atoms with Crippen molar-refractivity contribution in [1.29, 1.82) is 0 Å². The number of hydrogen-bond donors (Lipinski definition) is 0. The minimum atomic E-state index is -0.349. The molecule has 3 aromatic carbocycles. The molecule has 0 N–H and O–H groups in total. The molecule has 0 spiro atoms. The van der Waals surface area contributed by atoms with Gasteiger partial charge in [0.2, 0.25) is 0 Å². The summed E-state index contributed by atoms with van der Waals surface area (Å²) < 4.78 is 18.5. The predicted octanol–water partition coefficient (Wildman–Crippen LogP) is 5.16. The van der Waals surface area contributed by atoms with E-state index < -0.39 is 0 Å². The van der Waals surface area contributed by atoms with Crippen molar-refractivity contribution in [3.05, 3.63) is 77.6 Å². The summed E-state index contributed by atoms with van der Waals surface area (Å²) in [6, 6.07) is 19.4. The fourth-order valence-electron chi connectivity index (χ4n) is 2.29. The largest absolute Gasteiger partial charge is 0.494 e. The molecule has 0 saturated carbocycles. The second-order valence-electron chi connectivity index (χ2n) is 4.83. The Morgan fingerprint density at radius 3 is 2.19 bits per heavy atom. The number of benzene rings is 3. The highest BCUT2D eigenvalue weighted by atomic mass is 19.1. The van der Waals surface area contributed by atoms with Crippen LogP contribution in [-0.4, -0.2) is 7.11 Å². The Kier molecular flexibility index (Phi) is 3.69. The highest BCUT2D eigenvalue weighted by Gasteiger charge is 2.01. The Bertz CT molecular complexity index is 806. The molecule has 2 heteroatoms. The maximum atomic E-state index is 13.6. The molecule has 0 heterocycles. The van der Waals surface area contributed by atoms with Crippen molar-refractivity contribution in [3.8, 4) is 5.75 Å². The summed E-state index contributed by atoms with van der Waals surface area (Å²) in [6.07, 6.45) is 3.88. The van der Waals surface area contributed by atoms with E-state index in [0.717, 1.165) is 11.1 Å². The van der Waals surface area contributed by atoms with Crippen molar-refractivity contribution in [2.24, 2.45) is 0 Å². The van der Waals surface area contributed by atoms with Gasteiger partial charge in [-0.2, -0.15) is 0 Å². The van der Waals surface area contributed by atoms with Crippen LogP contribution >= 0.6 is 0 Å². The van der Waals surface area contributed by atoms with Crippen molar-refractivity contribution >= 4 is 22.9 Å². The van der Waals surface area contributed by atoms with Crippen LogP contribution in [-0.2, 0) is 0 Å². The second kappa shape index (κ2) is 5.80. The molecule has 0 bridgehead atoms. The fourth-order valence-corrected chi connectivity index (χ4v) is 2.29. The van der Waals surface area contributed by atoms with Crippen molar-refractivity contribution in [3.63, 3.8) is 0 Å². The molecule has 104 valence electrons. The summed E-state index contributed by atoms with van der Waals surface area (Å²) in [6.45, 7) is 0. The highest BCUT2D eigenvalue weighted by Crippen LogP contribution is 2.20. The maximum Gasteiger partial charge on any atom is 0.165 e. The first-order valence-corrected chi connectivity index (χ1v) is 6.77. The molecule has 0 radical (unpaired) electrons. The second-order valence-corrected chi connectivity index (χ2v) is 4.83. The molecule has 0 unspecified atom stereocenters. The molecule has 0 fully saturated rings. The van der Waals surface area contributed by atoms with Gasteiger partial charge in [0.15, 0.2) is 11.6 Å². The standard InChI is InChI=1S/C19H15FO/c1-21-19-11-9-15(13-18(19)20)7-6-14-8-10-16-4-2-3-5-17(16)12-14/h2-13H,1H3/b7-6+. The van der Waals surface area contributed by atoms with Crippen LogP contribution in [0.1, 0.15) is 11.1 Å². The Labute approximate surface area is 123 Å². The molecule has 0 amide bonds. The van der Waals surface area contributed by atoms with Crippen molar-refractivity contribution < 1.29 is 9.13 Å². The zero-order valence-electron chi connectivity index (χ0n) is 11.7. The Balaban J connectivity index is 1.88. The van der Waals surface area contributed by atoms with E-state index in [-0.39, 0.29) is 11.6 Å². The third-order valence-electron chi connectivity index (χ3n) is 3.42. The summed E-state index contributed by atoms with van der Waals surface area (Å²) in [5.41, 5.74) is 1.89.